The second kappa shape index (κ2) is 5.07. The average molecular weight is 272 g/mol. The molecule has 108 valence electrons. The molecule has 1 aromatic carbocycles. The third-order valence-corrected chi connectivity index (χ3v) is 5.90. The van der Waals surface area contributed by atoms with Gasteiger partial charge in [0.2, 0.25) is 0 Å². The molecular formula is C18H24O2. The predicted octanol–water partition coefficient (Wildman–Crippen LogP) is 3.74. The first-order valence-corrected chi connectivity index (χ1v) is 8.21. The summed E-state index contributed by atoms with van der Waals surface area (Å²) in [6.45, 7) is 0.797. The minimum atomic E-state index is -0.110. The topological polar surface area (TPSA) is 29.5 Å². The van der Waals surface area contributed by atoms with E-state index in [2.05, 4.69) is 18.2 Å². The fourth-order valence-corrected chi connectivity index (χ4v) is 4.89. The van der Waals surface area contributed by atoms with Crippen molar-refractivity contribution in [1.29, 1.82) is 0 Å². The van der Waals surface area contributed by atoms with Gasteiger partial charge in [-0.25, -0.2) is 0 Å². The molecule has 1 heterocycles. The van der Waals surface area contributed by atoms with E-state index in [1.807, 2.05) is 6.07 Å². The quantitative estimate of drug-likeness (QED) is 0.908. The molecular weight excluding hydrogens is 248 g/mol. The smallest absolute Gasteiger partial charge is 0.122 e. The van der Waals surface area contributed by atoms with Crippen LogP contribution in [0.25, 0.3) is 0 Å². The zero-order chi connectivity index (χ0) is 13.5. The van der Waals surface area contributed by atoms with Gasteiger partial charge in [-0.3, -0.25) is 0 Å². The van der Waals surface area contributed by atoms with Gasteiger partial charge in [0.15, 0.2) is 0 Å². The number of fused-ring (bicyclic) bond motifs is 3. The molecule has 2 aliphatic carbocycles. The lowest BCUT2D eigenvalue weighted by Crippen LogP contribution is -2.28. The molecule has 20 heavy (non-hydrogen) atoms. The van der Waals surface area contributed by atoms with Crippen LogP contribution in [0.3, 0.4) is 0 Å². The van der Waals surface area contributed by atoms with Gasteiger partial charge in [0.1, 0.15) is 5.75 Å². The van der Waals surface area contributed by atoms with Crippen molar-refractivity contribution in [2.24, 2.45) is 17.8 Å². The SMILES string of the molecule is OC(CC1CCOc2ccccc21)C1CC2CCC1C2. The number of hydrogen-bond donors (Lipinski definition) is 1. The van der Waals surface area contributed by atoms with E-state index in [-0.39, 0.29) is 6.10 Å². The summed E-state index contributed by atoms with van der Waals surface area (Å²) in [4.78, 5) is 0. The van der Waals surface area contributed by atoms with Crippen LogP contribution in [0.1, 0.15) is 50.0 Å². The van der Waals surface area contributed by atoms with Crippen molar-refractivity contribution in [3.63, 3.8) is 0 Å². The largest absolute Gasteiger partial charge is 0.493 e. The summed E-state index contributed by atoms with van der Waals surface area (Å²) in [6.07, 6.45) is 7.29. The van der Waals surface area contributed by atoms with Gasteiger partial charge in [0.25, 0.3) is 0 Å². The Balaban J connectivity index is 1.47. The lowest BCUT2D eigenvalue weighted by molar-refractivity contribution is 0.0571. The minimum absolute atomic E-state index is 0.110. The van der Waals surface area contributed by atoms with Crippen LogP contribution in [-0.4, -0.2) is 17.8 Å². The van der Waals surface area contributed by atoms with Crippen LogP contribution >= 0.6 is 0 Å². The summed E-state index contributed by atoms with van der Waals surface area (Å²) in [6, 6.07) is 8.36. The van der Waals surface area contributed by atoms with E-state index in [4.69, 9.17) is 4.74 Å². The Kier molecular flexibility index (Phi) is 3.22. The van der Waals surface area contributed by atoms with Gasteiger partial charge in [-0.1, -0.05) is 24.6 Å². The normalized spacial score (nSPS) is 36.5. The van der Waals surface area contributed by atoms with Crippen molar-refractivity contribution < 1.29 is 9.84 Å². The Morgan fingerprint density at radius 2 is 2.05 bits per heavy atom. The first kappa shape index (κ1) is 12.7. The highest BCUT2D eigenvalue weighted by Crippen LogP contribution is 2.51. The maximum Gasteiger partial charge on any atom is 0.122 e. The number of para-hydroxylation sites is 1. The van der Waals surface area contributed by atoms with Gasteiger partial charge >= 0.3 is 0 Å². The monoisotopic (exact) mass is 272 g/mol. The summed E-state index contributed by atoms with van der Waals surface area (Å²) in [7, 11) is 0. The van der Waals surface area contributed by atoms with E-state index in [0.717, 1.165) is 37.0 Å². The number of benzene rings is 1. The highest BCUT2D eigenvalue weighted by molar-refractivity contribution is 5.37. The van der Waals surface area contributed by atoms with Crippen LogP contribution in [0, 0.1) is 17.8 Å². The number of aliphatic hydroxyl groups excluding tert-OH is 1. The van der Waals surface area contributed by atoms with E-state index < -0.39 is 0 Å². The molecule has 4 rings (SSSR count). The van der Waals surface area contributed by atoms with E-state index in [1.54, 1.807) is 0 Å². The molecule has 3 aliphatic rings. The second-order valence-electron chi connectivity index (χ2n) is 7.01. The van der Waals surface area contributed by atoms with Crippen molar-refractivity contribution >= 4 is 0 Å². The van der Waals surface area contributed by atoms with E-state index in [9.17, 15) is 5.11 Å². The van der Waals surface area contributed by atoms with Gasteiger partial charge in [-0.15, -0.1) is 0 Å². The van der Waals surface area contributed by atoms with Crippen LogP contribution in [0.5, 0.6) is 5.75 Å². The highest BCUT2D eigenvalue weighted by Gasteiger charge is 2.43. The minimum Gasteiger partial charge on any atom is -0.493 e. The molecule has 2 heteroatoms. The summed E-state index contributed by atoms with van der Waals surface area (Å²) in [5.41, 5.74) is 1.31. The first-order valence-electron chi connectivity index (χ1n) is 8.21. The van der Waals surface area contributed by atoms with Gasteiger partial charge < -0.3 is 9.84 Å². The fraction of sp³-hybridized carbons (Fsp3) is 0.667. The summed E-state index contributed by atoms with van der Waals surface area (Å²) in [5.74, 6) is 3.81. The number of aliphatic hydroxyl groups is 1. The van der Waals surface area contributed by atoms with E-state index >= 15 is 0 Å². The van der Waals surface area contributed by atoms with Gasteiger partial charge in [-0.2, -0.15) is 0 Å². The van der Waals surface area contributed by atoms with Crippen molar-refractivity contribution in [2.45, 2.75) is 50.5 Å². The molecule has 0 radical (unpaired) electrons. The van der Waals surface area contributed by atoms with Crippen molar-refractivity contribution in [3.05, 3.63) is 29.8 Å². The molecule has 1 N–H and O–H groups in total. The van der Waals surface area contributed by atoms with Crippen LogP contribution < -0.4 is 4.74 Å². The molecule has 1 aliphatic heterocycles. The summed E-state index contributed by atoms with van der Waals surface area (Å²) in [5, 5.41) is 10.7. The fourth-order valence-electron chi connectivity index (χ4n) is 4.89. The lowest BCUT2D eigenvalue weighted by Gasteiger charge is -2.32. The van der Waals surface area contributed by atoms with Gasteiger partial charge in [0, 0.05) is 0 Å². The highest BCUT2D eigenvalue weighted by atomic mass is 16.5. The van der Waals surface area contributed by atoms with Crippen LogP contribution in [0.4, 0.5) is 0 Å². The molecule has 2 saturated carbocycles. The predicted molar refractivity (Wildman–Crippen MR) is 78.9 cm³/mol. The van der Waals surface area contributed by atoms with Gasteiger partial charge in [-0.05, 0) is 67.4 Å². The lowest BCUT2D eigenvalue weighted by atomic mass is 9.79. The molecule has 0 spiro atoms. The number of hydrogen-bond acceptors (Lipinski definition) is 2. The molecule has 5 atom stereocenters. The van der Waals surface area contributed by atoms with Crippen molar-refractivity contribution in [1.82, 2.24) is 0 Å². The third-order valence-electron chi connectivity index (χ3n) is 5.90. The third kappa shape index (κ3) is 2.14. The molecule has 0 amide bonds. The van der Waals surface area contributed by atoms with E-state index in [0.29, 0.717) is 11.8 Å². The molecule has 2 fully saturated rings. The summed E-state index contributed by atoms with van der Waals surface area (Å²) >= 11 is 0. The van der Waals surface area contributed by atoms with Crippen molar-refractivity contribution in [3.8, 4) is 5.75 Å². The van der Waals surface area contributed by atoms with Crippen LogP contribution in [0.2, 0.25) is 0 Å². The number of ether oxygens (including phenoxy) is 1. The maximum absolute atomic E-state index is 10.7. The first-order chi connectivity index (χ1) is 9.81. The Morgan fingerprint density at radius 3 is 2.85 bits per heavy atom. The molecule has 0 aromatic heterocycles. The maximum atomic E-state index is 10.7. The Morgan fingerprint density at radius 1 is 1.15 bits per heavy atom. The molecule has 2 nitrogen and oxygen atoms in total. The van der Waals surface area contributed by atoms with Crippen molar-refractivity contribution in [2.75, 3.05) is 6.61 Å². The Bertz CT molecular complexity index is 484. The Hall–Kier alpha value is -1.02. The standard InChI is InChI=1S/C18H24O2/c19-17(16-10-12-5-6-13(16)9-12)11-14-7-8-20-18-4-2-1-3-15(14)18/h1-4,12-14,16-17,19H,5-11H2. The van der Waals surface area contributed by atoms with Gasteiger partial charge in [0.05, 0.1) is 12.7 Å². The summed E-state index contributed by atoms with van der Waals surface area (Å²) < 4.78 is 5.73. The van der Waals surface area contributed by atoms with Crippen LogP contribution in [0.15, 0.2) is 24.3 Å². The molecule has 0 saturated heterocycles. The molecule has 5 unspecified atom stereocenters. The number of rotatable bonds is 3. The second-order valence-corrected chi connectivity index (χ2v) is 7.01. The average Bonchev–Trinajstić information content (AvgIpc) is 3.10. The van der Waals surface area contributed by atoms with Crippen LogP contribution in [-0.2, 0) is 0 Å². The Labute approximate surface area is 121 Å². The van der Waals surface area contributed by atoms with E-state index in [1.165, 1.54) is 31.2 Å². The zero-order valence-corrected chi connectivity index (χ0v) is 12.0. The zero-order valence-electron chi connectivity index (χ0n) is 12.0. The molecule has 2 bridgehead atoms. The molecule has 1 aromatic rings.